The monoisotopic (exact) mass is 264 g/mol. The molecule has 1 heterocycles. The van der Waals surface area contributed by atoms with Gasteiger partial charge < -0.3 is 16.2 Å². The highest BCUT2D eigenvalue weighted by atomic mass is 16.5. The summed E-state index contributed by atoms with van der Waals surface area (Å²) in [6.07, 6.45) is 2.82. The van der Waals surface area contributed by atoms with Crippen LogP contribution in [0.15, 0.2) is 12.1 Å². The molecule has 4 nitrogen and oxygen atoms in total. The molecular formula is C15H24N2O2. The number of rotatable bonds is 2. The molecule has 0 bridgehead atoms. The van der Waals surface area contributed by atoms with E-state index in [1.54, 1.807) is 0 Å². The fraction of sp³-hybridized carbons (Fsp3) is 0.533. The van der Waals surface area contributed by atoms with Gasteiger partial charge in [-0.1, -0.05) is 13.8 Å². The molecule has 2 unspecified atom stereocenters. The first-order chi connectivity index (χ1) is 9.29. The number of aldehydes is 1. The molecule has 0 spiro atoms. The van der Waals surface area contributed by atoms with Crippen LogP contribution in [0.25, 0.3) is 0 Å². The summed E-state index contributed by atoms with van der Waals surface area (Å²) < 4.78 is 5.61. The molecule has 0 aromatic heterocycles. The van der Waals surface area contributed by atoms with Crippen LogP contribution in [0.3, 0.4) is 0 Å². The molecule has 4 N–H and O–H groups in total. The van der Waals surface area contributed by atoms with Crippen molar-refractivity contribution in [1.29, 1.82) is 0 Å². The van der Waals surface area contributed by atoms with Crippen molar-refractivity contribution in [3.8, 4) is 5.75 Å². The molecule has 2 aliphatic rings. The summed E-state index contributed by atoms with van der Waals surface area (Å²) in [5.74, 6) is 1.38. The zero-order valence-electron chi connectivity index (χ0n) is 12.0. The number of carbonyl (C=O) groups is 1. The molecule has 1 aliphatic heterocycles. The highest BCUT2D eigenvalue weighted by molar-refractivity contribution is 5.77. The molecule has 2 atom stereocenters. The lowest BCUT2D eigenvalue weighted by molar-refractivity contribution is 0.112. The van der Waals surface area contributed by atoms with Gasteiger partial charge in [-0.2, -0.15) is 0 Å². The van der Waals surface area contributed by atoms with Gasteiger partial charge in [-0.25, -0.2) is 0 Å². The average molecular weight is 264 g/mol. The Hall–Kier alpha value is -1.39. The normalized spacial score (nSPS) is 21.9. The van der Waals surface area contributed by atoms with E-state index in [4.69, 9.17) is 10.5 Å². The smallest absolute Gasteiger partial charge is 0.150 e. The number of hydrogen-bond acceptors (Lipinski definition) is 4. The topological polar surface area (TPSA) is 78.3 Å². The summed E-state index contributed by atoms with van der Waals surface area (Å²) in [6, 6.07) is 4.10. The first-order valence-electron chi connectivity index (χ1n) is 6.87. The molecule has 1 aromatic carbocycles. The van der Waals surface area contributed by atoms with Gasteiger partial charge in [0.25, 0.3) is 0 Å². The summed E-state index contributed by atoms with van der Waals surface area (Å²) in [4.78, 5) is 10.8. The summed E-state index contributed by atoms with van der Waals surface area (Å²) in [6.45, 7) is 4.73. The Morgan fingerprint density at radius 1 is 1.32 bits per heavy atom. The maximum absolute atomic E-state index is 10.8. The summed E-state index contributed by atoms with van der Waals surface area (Å²) in [5, 5.41) is 0. The van der Waals surface area contributed by atoms with Crippen molar-refractivity contribution in [2.45, 2.75) is 38.6 Å². The van der Waals surface area contributed by atoms with Crippen molar-refractivity contribution >= 4 is 6.29 Å². The Morgan fingerprint density at radius 2 is 1.95 bits per heavy atom. The van der Waals surface area contributed by atoms with Gasteiger partial charge in [-0.15, -0.1) is 0 Å². The second-order valence-corrected chi connectivity index (χ2v) is 4.32. The quantitative estimate of drug-likeness (QED) is 0.799. The number of hydrogen-bond donors (Lipinski definition) is 2. The molecule has 1 saturated carbocycles. The van der Waals surface area contributed by atoms with Gasteiger partial charge in [0.15, 0.2) is 0 Å². The fourth-order valence-electron chi connectivity index (χ4n) is 2.28. The first kappa shape index (κ1) is 15.7. The molecule has 3 rings (SSSR count). The third-order valence-corrected chi connectivity index (χ3v) is 3.21. The Labute approximate surface area is 115 Å². The van der Waals surface area contributed by atoms with Crippen molar-refractivity contribution in [3.05, 3.63) is 28.8 Å². The van der Waals surface area contributed by atoms with Crippen LogP contribution in [-0.4, -0.2) is 26.0 Å². The van der Waals surface area contributed by atoms with Gasteiger partial charge >= 0.3 is 0 Å². The van der Waals surface area contributed by atoms with Gasteiger partial charge in [0.2, 0.25) is 0 Å². The molecule has 1 aromatic rings. The number of ether oxygens (including phenoxy) is 1. The maximum atomic E-state index is 10.8. The second kappa shape index (κ2) is 7.26. The number of carbonyl (C=O) groups excluding carboxylic acids is 1. The van der Waals surface area contributed by atoms with E-state index in [0.29, 0.717) is 5.92 Å². The van der Waals surface area contributed by atoms with Gasteiger partial charge in [0, 0.05) is 23.9 Å². The SMILES string of the molecule is CC.CN.NC1CC1c1cc(C=O)cc2c1OCC2. The molecule has 106 valence electrons. The van der Waals surface area contributed by atoms with Crippen LogP contribution >= 0.6 is 0 Å². The highest BCUT2D eigenvalue weighted by Gasteiger charge is 2.38. The van der Waals surface area contributed by atoms with Crippen molar-refractivity contribution in [1.82, 2.24) is 0 Å². The van der Waals surface area contributed by atoms with Crippen molar-refractivity contribution in [2.24, 2.45) is 11.5 Å². The third-order valence-electron chi connectivity index (χ3n) is 3.21. The Morgan fingerprint density at radius 3 is 2.47 bits per heavy atom. The van der Waals surface area contributed by atoms with Crippen LogP contribution in [0, 0.1) is 0 Å². The van der Waals surface area contributed by atoms with Gasteiger partial charge in [0.1, 0.15) is 12.0 Å². The molecule has 0 radical (unpaired) electrons. The maximum Gasteiger partial charge on any atom is 0.150 e. The summed E-state index contributed by atoms with van der Waals surface area (Å²) >= 11 is 0. The Bertz CT molecular complexity index is 432. The zero-order chi connectivity index (χ0) is 14.4. The lowest BCUT2D eigenvalue weighted by Crippen LogP contribution is -2.02. The fourth-order valence-corrected chi connectivity index (χ4v) is 2.28. The van der Waals surface area contributed by atoms with Crippen molar-refractivity contribution in [3.63, 3.8) is 0 Å². The Balaban J connectivity index is 0.000000415. The largest absolute Gasteiger partial charge is 0.493 e. The van der Waals surface area contributed by atoms with Crippen LogP contribution in [0.2, 0.25) is 0 Å². The van der Waals surface area contributed by atoms with Crippen LogP contribution in [0.5, 0.6) is 5.75 Å². The second-order valence-electron chi connectivity index (χ2n) is 4.32. The Kier molecular flexibility index (Phi) is 5.99. The minimum atomic E-state index is 0.250. The van der Waals surface area contributed by atoms with E-state index < -0.39 is 0 Å². The molecule has 0 saturated heterocycles. The van der Waals surface area contributed by atoms with E-state index in [9.17, 15) is 4.79 Å². The van der Waals surface area contributed by atoms with Crippen LogP contribution in [0.4, 0.5) is 0 Å². The molecular weight excluding hydrogens is 240 g/mol. The lowest BCUT2D eigenvalue weighted by atomic mass is 10.0. The number of benzene rings is 1. The van der Waals surface area contributed by atoms with E-state index >= 15 is 0 Å². The number of fused-ring (bicyclic) bond motifs is 1. The lowest BCUT2D eigenvalue weighted by Gasteiger charge is -2.08. The third kappa shape index (κ3) is 3.33. The van der Waals surface area contributed by atoms with Crippen LogP contribution in [0.1, 0.15) is 47.7 Å². The minimum Gasteiger partial charge on any atom is -0.493 e. The standard InChI is InChI=1S/C12H13NO2.C2H6.CH5N/c13-11-5-9(11)10-4-7(6-14)3-8-1-2-15-12(8)10;2*1-2/h3-4,6,9,11H,1-2,5,13H2;1-2H3;2H2,1H3. The van der Waals surface area contributed by atoms with E-state index in [0.717, 1.165) is 48.2 Å². The molecule has 4 heteroatoms. The van der Waals surface area contributed by atoms with Gasteiger partial charge in [0.05, 0.1) is 6.61 Å². The summed E-state index contributed by atoms with van der Waals surface area (Å²) in [5.41, 5.74) is 13.4. The van der Waals surface area contributed by atoms with Crippen molar-refractivity contribution < 1.29 is 9.53 Å². The van der Waals surface area contributed by atoms with E-state index in [1.807, 2.05) is 26.0 Å². The highest BCUT2D eigenvalue weighted by Crippen LogP contribution is 2.46. The number of nitrogens with two attached hydrogens (primary N) is 2. The van der Waals surface area contributed by atoms with Crippen LogP contribution in [-0.2, 0) is 6.42 Å². The summed E-state index contributed by atoms with van der Waals surface area (Å²) in [7, 11) is 1.50. The zero-order valence-corrected chi connectivity index (χ0v) is 12.0. The molecule has 0 amide bonds. The van der Waals surface area contributed by atoms with Crippen LogP contribution < -0.4 is 16.2 Å². The average Bonchev–Trinajstić information content (AvgIpc) is 3.02. The van der Waals surface area contributed by atoms with E-state index in [1.165, 1.54) is 7.05 Å². The molecule has 1 fully saturated rings. The van der Waals surface area contributed by atoms with Gasteiger partial charge in [-0.3, -0.25) is 4.79 Å². The predicted molar refractivity (Wildman–Crippen MR) is 77.8 cm³/mol. The molecule has 19 heavy (non-hydrogen) atoms. The van der Waals surface area contributed by atoms with Crippen molar-refractivity contribution in [2.75, 3.05) is 13.7 Å². The van der Waals surface area contributed by atoms with Gasteiger partial charge in [-0.05, 0) is 36.7 Å². The predicted octanol–water partition coefficient (Wildman–Crippen LogP) is 1.85. The first-order valence-corrected chi connectivity index (χ1v) is 6.87. The van der Waals surface area contributed by atoms with E-state index in [-0.39, 0.29) is 6.04 Å². The van der Waals surface area contributed by atoms with E-state index in [2.05, 4.69) is 5.73 Å². The molecule has 1 aliphatic carbocycles. The minimum absolute atomic E-state index is 0.250.